The number of para-hydroxylation sites is 2. The van der Waals surface area contributed by atoms with E-state index in [1.807, 2.05) is 30.3 Å². The van der Waals surface area contributed by atoms with Crippen molar-refractivity contribution in [1.82, 2.24) is 9.97 Å². The van der Waals surface area contributed by atoms with Gasteiger partial charge in [-0.1, -0.05) is 24.3 Å². The standard InChI is InChI=1S/C12H9BrN2O3.C12H11BrN2O/c1-18-11-5-3-2-4-9(11)12-10(15(16)17)6-8(13)7-14-12;1-16-11-5-3-2-4-9(11)12-10(14)6-8(13)7-15-12/h2-7H,1H3;2-7H,14H2,1H3. The van der Waals surface area contributed by atoms with Crippen LogP contribution in [-0.4, -0.2) is 29.1 Å². The molecule has 2 aromatic heterocycles. The fraction of sp³-hybridized carbons (Fsp3) is 0.0833. The van der Waals surface area contributed by atoms with Crippen molar-refractivity contribution in [1.29, 1.82) is 0 Å². The first kappa shape index (κ1) is 25.1. The van der Waals surface area contributed by atoms with Crippen LogP contribution < -0.4 is 15.2 Å². The van der Waals surface area contributed by atoms with Crippen molar-refractivity contribution in [3.63, 3.8) is 0 Å². The van der Waals surface area contributed by atoms with Gasteiger partial charge in [0.1, 0.15) is 11.5 Å². The summed E-state index contributed by atoms with van der Waals surface area (Å²) in [5.41, 5.74) is 9.02. The Morgan fingerprint density at radius 1 is 0.824 bits per heavy atom. The Bertz CT molecular complexity index is 1320. The van der Waals surface area contributed by atoms with Crippen LogP contribution >= 0.6 is 31.9 Å². The van der Waals surface area contributed by atoms with Crippen LogP contribution in [0.1, 0.15) is 0 Å². The first-order valence-electron chi connectivity index (χ1n) is 9.83. The summed E-state index contributed by atoms with van der Waals surface area (Å²) < 4.78 is 11.9. The van der Waals surface area contributed by atoms with Crippen LogP contribution in [0.2, 0.25) is 0 Å². The molecule has 0 radical (unpaired) electrons. The van der Waals surface area contributed by atoms with Gasteiger partial charge in [-0.15, -0.1) is 0 Å². The third-order valence-electron chi connectivity index (χ3n) is 4.64. The predicted molar refractivity (Wildman–Crippen MR) is 139 cm³/mol. The molecule has 4 rings (SSSR count). The maximum absolute atomic E-state index is 11.1. The molecule has 0 bridgehead atoms. The highest BCUT2D eigenvalue weighted by Gasteiger charge is 2.20. The smallest absolute Gasteiger partial charge is 0.296 e. The van der Waals surface area contributed by atoms with E-state index in [2.05, 4.69) is 41.8 Å². The van der Waals surface area contributed by atoms with Gasteiger partial charge in [-0.25, -0.2) is 4.98 Å². The van der Waals surface area contributed by atoms with E-state index >= 15 is 0 Å². The molecule has 0 atom stereocenters. The molecule has 0 saturated carbocycles. The van der Waals surface area contributed by atoms with E-state index in [1.165, 1.54) is 19.4 Å². The van der Waals surface area contributed by atoms with Crippen molar-refractivity contribution in [2.24, 2.45) is 0 Å². The van der Waals surface area contributed by atoms with Gasteiger partial charge in [-0.2, -0.15) is 0 Å². The lowest BCUT2D eigenvalue weighted by molar-refractivity contribution is -0.384. The molecular weight excluding hydrogens is 568 g/mol. The van der Waals surface area contributed by atoms with Crippen LogP contribution in [0.5, 0.6) is 11.5 Å². The second-order valence-electron chi connectivity index (χ2n) is 6.77. The van der Waals surface area contributed by atoms with Gasteiger partial charge in [0.2, 0.25) is 0 Å². The first-order chi connectivity index (χ1) is 16.3. The summed E-state index contributed by atoms with van der Waals surface area (Å²) >= 11 is 6.51. The van der Waals surface area contributed by atoms with Crippen LogP contribution in [-0.2, 0) is 0 Å². The minimum atomic E-state index is -0.459. The number of nitrogen functional groups attached to an aromatic ring is 1. The zero-order chi connectivity index (χ0) is 24.7. The Labute approximate surface area is 213 Å². The molecule has 0 spiro atoms. The van der Waals surface area contributed by atoms with Gasteiger partial charge < -0.3 is 15.2 Å². The van der Waals surface area contributed by atoms with Gasteiger partial charge in [0.05, 0.1) is 30.5 Å². The molecule has 2 N–H and O–H groups in total. The quantitative estimate of drug-likeness (QED) is 0.208. The molecule has 10 heteroatoms. The Hall–Kier alpha value is -3.50. The summed E-state index contributed by atoms with van der Waals surface area (Å²) in [5.74, 6) is 1.32. The lowest BCUT2D eigenvalue weighted by Crippen LogP contribution is -1.96. The van der Waals surface area contributed by atoms with E-state index in [1.54, 1.807) is 37.6 Å². The van der Waals surface area contributed by atoms with Gasteiger partial charge in [0, 0.05) is 38.5 Å². The average molecular weight is 588 g/mol. The SMILES string of the molecule is COc1ccccc1-c1ncc(Br)cc1N.COc1ccccc1-c1ncc(Br)cc1[N+](=O)[O-]. The van der Waals surface area contributed by atoms with Crippen molar-refractivity contribution >= 4 is 43.2 Å². The van der Waals surface area contributed by atoms with E-state index < -0.39 is 4.92 Å². The maximum atomic E-state index is 11.1. The number of hydrogen-bond acceptors (Lipinski definition) is 7. The van der Waals surface area contributed by atoms with Crippen molar-refractivity contribution < 1.29 is 14.4 Å². The minimum absolute atomic E-state index is 0.0612. The summed E-state index contributed by atoms with van der Waals surface area (Å²) in [6, 6.07) is 18.0. The van der Waals surface area contributed by atoms with Crippen LogP contribution in [0.15, 0.2) is 82.0 Å². The minimum Gasteiger partial charge on any atom is -0.496 e. The summed E-state index contributed by atoms with van der Waals surface area (Å²) in [6.45, 7) is 0. The van der Waals surface area contributed by atoms with Gasteiger partial charge in [-0.05, 0) is 62.2 Å². The molecule has 34 heavy (non-hydrogen) atoms. The summed E-state index contributed by atoms with van der Waals surface area (Å²) in [4.78, 5) is 19.0. The van der Waals surface area contributed by atoms with Gasteiger partial charge in [0.15, 0.2) is 5.69 Å². The largest absolute Gasteiger partial charge is 0.496 e. The molecule has 0 unspecified atom stereocenters. The highest BCUT2D eigenvalue weighted by atomic mass is 79.9. The number of nitrogens with two attached hydrogens (primary N) is 1. The monoisotopic (exact) mass is 586 g/mol. The molecule has 0 aliphatic carbocycles. The summed E-state index contributed by atoms with van der Waals surface area (Å²) in [6.07, 6.45) is 3.24. The highest BCUT2D eigenvalue weighted by Crippen LogP contribution is 2.35. The van der Waals surface area contributed by atoms with Crippen LogP contribution in [0.4, 0.5) is 11.4 Å². The third-order valence-corrected chi connectivity index (χ3v) is 5.51. The summed E-state index contributed by atoms with van der Waals surface area (Å²) in [7, 11) is 3.15. The number of nitrogens with zero attached hydrogens (tertiary/aromatic N) is 3. The molecule has 0 fully saturated rings. The molecule has 4 aromatic rings. The van der Waals surface area contributed by atoms with Crippen molar-refractivity contribution in [2.75, 3.05) is 20.0 Å². The zero-order valence-corrected chi connectivity index (χ0v) is 21.4. The van der Waals surface area contributed by atoms with E-state index in [9.17, 15) is 10.1 Å². The molecule has 2 aromatic carbocycles. The van der Waals surface area contributed by atoms with Crippen LogP contribution in [0, 0.1) is 10.1 Å². The molecule has 0 aliphatic heterocycles. The first-order valence-corrected chi connectivity index (χ1v) is 11.4. The normalized spacial score (nSPS) is 10.1. The number of ether oxygens (including phenoxy) is 2. The summed E-state index contributed by atoms with van der Waals surface area (Å²) in [5, 5.41) is 11.1. The van der Waals surface area contributed by atoms with Gasteiger partial charge >= 0.3 is 0 Å². The molecule has 0 amide bonds. The third kappa shape index (κ3) is 5.89. The molecular formula is C24H20Br2N4O4. The number of rotatable bonds is 5. The number of nitro groups is 1. The molecule has 174 valence electrons. The van der Waals surface area contributed by atoms with E-state index in [-0.39, 0.29) is 5.69 Å². The number of anilines is 1. The Kier molecular flexibility index (Phi) is 8.55. The second-order valence-corrected chi connectivity index (χ2v) is 8.60. The molecule has 2 heterocycles. The average Bonchev–Trinajstić information content (AvgIpc) is 2.84. The number of aromatic nitrogens is 2. The van der Waals surface area contributed by atoms with E-state index in [0.717, 1.165) is 21.5 Å². The fourth-order valence-corrected chi connectivity index (χ4v) is 3.80. The lowest BCUT2D eigenvalue weighted by atomic mass is 10.1. The molecule has 0 aliphatic rings. The van der Waals surface area contributed by atoms with Gasteiger partial charge in [-0.3, -0.25) is 15.1 Å². The number of pyridine rings is 2. The Balaban J connectivity index is 0.000000192. The predicted octanol–water partition coefficient (Wildman–Crippen LogP) is 6.53. The second kappa shape index (κ2) is 11.6. The number of methoxy groups -OCH3 is 2. The fourth-order valence-electron chi connectivity index (χ4n) is 3.14. The van der Waals surface area contributed by atoms with Crippen molar-refractivity contribution in [3.8, 4) is 34.0 Å². The number of halogens is 2. The number of hydrogen-bond donors (Lipinski definition) is 1. The van der Waals surface area contributed by atoms with Crippen LogP contribution in [0.3, 0.4) is 0 Å². The van der Waals surface area contributed by atoms with Gasteiger partial charge in [0.25, 0.3) is 5.69 Å². The molecule has 0 saturated heterocycles. The van der Waals surface area contributed by atoms with Crippen molar-refractivity contribution in [3.05, 3.63) is 92.1 Å². The topological polar surface area (TPSA) is 113 Å². The lowest BCUT2D eigenvalue weighted by Gasteiger charge is -2.09. The van der Waals surface area contributed by atoms with Crippen molar-refractivity contribution in [2.45, 2.75) is 0 Å². The number of benzene rings is 2. The highest BCUT2D eigenvalue weighted by molar-refractivity contribution is 9.10. The Morgan fingerprint density at radius 3 is 1.79 bits per heavy atom. The molecule has 8 nitrogen and oxygen atoms in total. The van der Waals surface area contributed by atoms with Crippen LogP contribution in [0.25, 0.3) is 22.5 Å². The van der Waals surface area contributed by atoms with E-state index in [4.69, 9.17) is 15.2 Å². The Morgan fingerprint density at radius 2 is 1.29 bits per heavy atom. The maximum Gasteiger partial charge on any atom is 0.296 e. The van der Waals surface area contributed by atoms with E-state index in [0.29, 0.717) is 27.2 Å². The zero-order valence-electron chi connectivity index (χ0n) is 18.2.